The fourth-order valence-corrected chi connectivity index (χ4v) is 0.848. The fraction of sp³-hybridized carbons (Fsp3) is 0.100. The third-order valence-corrected chi connectivity index (χ3v) is 1.71. The highest BCUT2D eigenvalue weighted by molar-refractivity contribution is 6.03. The highest BCUT2D eigenvalue weighted by Gasteiger charge is 2.09. The quantitative estimate of drug-likeness (QED) is 0.496. The SMILES string of the molecule is CC(C(=O)Nc1ccccc1)=C(O)O. The van der Waals surface area contributed by atoms with Gasteiger partial charge in [-0.3, -0.25) is 4.79 Å². The number of aliphatic hydroxyl groups is 2. The Hall–Kier alpha value is -1.97. The Morgan fingerprint density at radius 1 is 1.21 bits per heavy atom. The van der Waals surface area contributed by atoms with Crippen LogP contribution in [0.1, 0.15) is 6.92 Å². The Balaban J connectivity index is 2.72. The molecule has 74 valence electrons. The summed E-state index contributed by atoms with van der Waals surface area (Å²) < 4.78 is 0. The first-order valence-electron chi connectivity index (χ1n) is 4.06. The first-order valence-corrected chi connectivity index (χ1v) is 4.06. The smallest absolute Gasteiger partial charge is 0.282 e. The maximum atomic E-state index is 11.3. The molecule has 0 fully saturated rings. The van der Waals surface area contributed by atoms with E-state index in [0.717, 1.165) is 0 Å². The molecule has 0 aliphatic carbocycles. The minimum absolute atomic E-state index is 0.117. The van der Waals surface area contributed by atoms with Gasteiger partial charge in [0.25, 0.3) is 11.9 Å². The number of benzene rings is 1. The second kappa shape index (κ2) is 4.32. The molecule has 0 atom stereocenters. The van der Waals surface area contributed by atoms with Gasteiger partial charge in [0.05, 0.1) is 5.57 Å². The molecule has 0 aliphatic heterocycles. The van der Waals surface area contributed by atoms with Crippen molar-refractivity contribution in [2.45, 2.75) is 6.92 Å². The molecule has 14 heavy (non-hydrogen) atoms. The van der Waals surface area contributed by atoms with Crippen LogP contribution in [0.3, 0.4) is 0 Å². The minimum atomic E-state index is -0.960. The van der Waals surface area contributed by atoms with E-state index in [4.69, 9.17) is 10.2 Å². The lowest BCUT2D eigenvalue weighted by atomic mass is 10.2. The molecule has 0 radical (unpaired) electrons. The van der Waals surface area contributed by atoms with Crippen LogP contribution in [-0.2, 0) is 4.79 Å². The van der Waals surface area contributed by atoms with E-state index < -0.39 is 11.9 Å². The summed E-state index contributed by atoms with van der Waals surface area (Å²) in [5.41, 5.74) is 0.493. The molecule has 0 bridgehead atoms. The summed E-state index contributed by atoms with van der Waals surface area (Å²) in [6.45, 7) is 1.33. The van der Waals surface area contributed by atoms with E-state index in [0.29, 0.717) is 5.69 Å². The van der Waals surface area contributed by atoms with Crippen molar-refractivity contribution in [2.75, 3.05) is 5.32 Å². The van der Waals surface area contributed by atoms with Crippen LogP contribution in [0.5, 0.6) is 0 Å². The molecule has 0 heterocycles. The average molecular weight is 193 g/mol. The van der Waals surface area contributed by atoms with Gasteiger partial charge in [0.15, 0.2) is 0 Å². The second-order valence-corrected chi connectivity index (χ2v) is 2.77. The van der Waals surface area contributed by atoms with Gasteiger partial charge >= 0.3 is 0 Å². The molecule has 0 aromatic heterocycles. The van der Waals surface area contributed by atoms with E-state index in [-0.39, 0.29) is 5.57 Å². The first kappa shape index (κ1) is 10.1. The molecule has 1 aromatic rings. The zero-order valence-corrected chi connectivity index (χ0v) is 7.69. The van der Waals surface area contributed by atoms with Crippen LogP contribution in [-0.4, -0.2) is 16.1 Å². The minimum Gasteiger partial charge on any atom is -0.481 e. The van der Waals surface area contributed by atoms with Gasteiger partial charge in [0, 0.05) is 5.69 Å². The number of carbonyl (C=O) groups is 1. The molecule has 4 nitrogen and oxygen atoms in total. The highest BCUT2D eigenvalue weighted by Crippen LogP contribution is 2.07. The van der Waals surface area contributed by atoms with Crippen molar-refractivity contribution in [2.24, 2.45) is 0 Å². The molecule has 0 aliphatic rings. The van der Waals surface area contributed by atoms with Gasteiger partial charge in [0.2, 0.25) is 0 Å². The maximum Gasteiger partial charge on any atom is 0.282 e. The van der Waals surface area contributed by atoms with Crippen LogP contribution in [0, 0.1) is 0 Å². The zero-order valence-electron chi connectivity index (χ0n) is 7.69. The van der Waals surface area contributed by atoms with Crippen LogP contribution in [0.4, 0.5) is 5.69 Å². The molecule has 1 amide bonds. The van der Waals surface area contributed by atoms with Crippen molar-refractivity contribution in [3.63, 3.8) is 0 Å². The topological polar surface area (TPSA) is 69.6 Å². The van der Waals surface area contributed by atoms with E-state index >= 15 is 0 Å². The predicted molar refractivity (Wildman–Crippen MR) is 53.0 cm³/mol. The van der Waals surface area contributed by atoms with Crippen molar-refractivity contribution in [3.8, 4) is 0 Å². The number of amides is 1. The molecule has 1 aromatic carbocycles. The number of nitrogens with one attached hydrogen (secondary N) is 1. The summed E-state index contributed by atoms with van der Waals surface area (Å²) in [5.74, 6) is -1.49. The van der Waals surface area contributed by atoms with Crippen molar-refractivity contribution < 1.29 is 15.0 Å². The Morgan fingerprint density at radius 3 is 2.29 bits per heavy atom. The number of rotatable bonds is 2. The van der Waals surface area contributed by atoms with Gasteiger partial charge in [-0.05, 0) is 19.1 Å². The van der Waals surface area contributed by atoms with Crippen molar-refractivity contribution in [1.29, 1.82) is 0 Å². The van der Waals surface area contributed by atoms with Gasteiger partial charge < -0.3 is 15.5 Å². The average Bonchev–Trinajstić information content (AvgIpc) is 2.18. The van der Waals surface area contributed by atoms with E-state index in [1.165, 1.54) is 6.92 Å². The van der Waals surface area contributed by atoms with Crippen LogP contribution in [0.2, 0.25) is 0 Å². The zero-order chi connectivity index (χ0) is 10.6. The highest BCUT2D eigenvalue weighted by atomic mass is 16.5. The Bertz CT molecular complexity index is 353. The van der Waals surface area contributed by atoms with Crippen molar-refractivity contribution in [1.82, 2.24) is 0 Å². The van der Waals surface area contributed by atoms with Gasteiger partial charge in [0.1, 0.15) is 0 Å². The summed E-state index contributed by atoms with van der Waals surface area (Å²) in [5, 5.41) is 19.8. The Labute approximate surface area is 81.5 Å². The lowest BCUT2D eigenvalue weighted by Crippen LogP contribution is -2.14. The molecule has 3 N–H and O–H groups in total. The summed E-state index contributed by atoms with van der Waals surface area (Å²) in [6, 6.07) is 8.78. The van der Waals surface area contributed by atoms with Crippen LogP contribution in [0.25, 0.3) is 0 Å². The Kier molecular flexibility index (Phi) is 3.12. The molecule has 0 unspecified atom stereocenters. The fourth-order valence-electron chi connectivity index (χ4n) is 0.848. The predicted octanol–water partition coefficient (Wildman–Crippen LogP) is 1.97. The van der Waals surface area contributed by atoms with Crippen molar-refractivity contribution >= 4 is 11.6 Å². The van der Waals surface area contributed by atoms with Crippen LogP contribution >= 0.6 is 0 Å². The molecule has 4 heteroatoms. The van der Waals surface area contributed by atoms with E-state index in [2.05, 4.69) is 5.32 Å². The summed E-state index contributed by atoms with van der Waals surface area (Å²) in [7, 11) is 0. The van der Waals surface area contributed by atoms with Crippen LogP contribution < -0.4 is 5.32 Å². The third-order valence-electron chi connectivity index (χ3n) is 1.71. The standard InChI is InChI=1S/C10H11NO3/c1-7(10(13)14)9(12)11-8-5-3-2-4-6-8/h2-6,13-14H,1H3,(H,11,12). The van der Waals surface area contributed by atoms with Crippen LogP contribution in [0.15, 0.2) is 41.9 Å². The molecule has 0 saturated heterocycles. The summed E-state index contributed by atoms with van der Waals surface area (Å²) >= 11 is 0. The van der Waals surface area contributed by atoms with Crippen molar-refractivity contribution in [3.05, 3.63) is 41.9 Å². The number of hydrogen-bond donors (Lipinski definition) is 3. The molecular weight excluding hydrogens is 182 g/mol. The normalized spacial score (nSPS) is 9.21. The molecule has 0 spiro atoms. The molecule has 1 rings (SSSR count). The van der Waals surface area contributed by atoms with Gasteiger partial charge in [-0.15, -0.1) is 0 Å². The molecular formula is C10H11NO3. The lowest BCUT2D eigenvalue weighted by Gasteiger charge is -2.04. The monoisotopic (exact) mass is 193 g/mol. The van der Waals surface area contributed by atoms with E-state index in [9.17, 15) is 4.79 Å². The lowest BCUT2D eigenvalue weighted by molar-refractivity contribution is -0.113. The summed E-state index contributed by atoms with van der Waals surface area (Å²) in [6.07, 6.45) is 0. The van der Waals surface area contributed by atoms with Gasteiger partial charge in [-0.2, -0.15) is 0 Å². The summed E-state index contributed by atoms with van der Waals surface area (Å²) in [4.78, 5) is 11.3. The number of hydrogen-bond acceptors (Lipinski definition) is 3. The number of carbonyl (C=O) groups excluding carboxylic acids is 1. The van der Waals surface area contributed by atoms with Gasteiger partial charge in [-0.1, -0.05) is 18.2 Å². The van der Waals surface area contributed by atoms with E-state index in [1.807, 2.05) is 6.07 Å². The number of anilines is 1. The largest absolute Gasteiger partial charge is 0.481 e. The molecule has 0 saturated carbocycles. The second-order valence-electron chi connectivity index (χ2n) is 2.77. The van der Waals surface area contributed by atoms with Gasteiger partial charge in [-0.25, -0.2) is 0 Å². The number of aliphatic hydroxyl groups excluding tert-OH is 1. The van der Waals surface area contributed by atoms with E-state index in [1.54, 1.807) is 24.3 Å². The Morgan fingerprint density at radius 2 is 1.79 bits per heavy atom. The third kappa shape index (κ3) is 2.52. The first-order chi connectivity index (χ1) is 6.61. The number of para-hydroxylation sites is 1. The maximum absolute atomic E-state index is 11.3.